The average molecular weight is 293 g/mol. The maximum atomic E-state index is 11.7. The third-order valence-electron chi connectivity index (χ3n) is 2.43. The van der Waals surface area contributed by atoms with Crippen LogP contribution in [0.25, 0.3) is 0 Å². The maximum absolute atomic E-state index is 11.7. The summed E-state index contributed by atoms with van der Waals surface area (Å²) in [6.45, 7) is 2.28. The van der Waals surface area contributed by atoms with E-state index in [0.717, 1.165) is 0 Å². The fourth-order valence-electron chi connectivity index (χ4n) is 1.36. The number of carboxylic acids is 1. The summed E-state index contributed by atoms with van der Waals surface area (Å²) in [7, 11) is 0. The first kappa shape index (κ1) is 14.9. The SMILES string of the molecule is CC(CCC(=O)O)CNC(=O)c1cc(Cl)c(Cl)[nH]1. The third-order valence-corrected chi connectivity index (χ3v) is 3.12. The van der Waals surface area contributed by atoms with Crippen LogP contribution in [0, 0.1) is 5.92 Å². The van der Waals surface area contributed by atoms with Gasteiger partial charge in [-0.2, -0.15) is 0 Å². The molecule has 1 heterocycles. The molecule has 1 amide bonds. The zero-order valence-corrected chi connectivity index (χ0v) is 11.3. The smallest absolute Gasteiger partial charge is 0.303 e. The quantitative estimate of drug-likeness (QED) is 0.753. The average Bonchev–Trinajstić information content (AvgIpc) is 2.64. The van der Waals surface area contributed by atoms with E-state index in [1.165, 1.54) is 6.07 Å². The number of carbonyl (C=O) groups is 2. The van der Waals surface area contributed by atoms with E-state index in [4.69, 9.17) is 28.3 Å². The van der Waals surface area contributed by atoms with E-state index in [1.54, 1.807) is 0 Å². The van der Waals surface area contributed by atoms with Crippen molar-refractivity contribution in [3.63, 3.8) is 0 Å². The Morgan fingerprint density at radius 3 is 2.67 bits per heavy atom. The number of hydrogen-bond acceptors (Lipinski definition) is 2. The van der Waals surface area contributed by atoms with E-state index in [-0.39, 0.29) is 29.1 Å². The summed E-state index contributed by atoms with van der Waals surface area (Å²) >= 11 is 11.4. The van der Waals surface area contributed by atoms with E-state index >= 15 is 0 Å². The van der Waals surface area contributed by atoms with Gasteiger partial charge in [-0.15, -0.1) is 0 Å². The highest BCUT2D eigenvalue weighted by molar-refractivity contribution is 6.41. The second-order valence-corrected chi connectivity index (χ2v) is 4.88. The minimum Gasteiger partial charge on any atom is -0.481 e. The van der Waals surface area contributed by atoms with Gasteiger partial charge < -0.3 is 15.4 Å². The van der Waals surface area contributed by atoms with Crippen LogP contribution in [0.3, 0.4) is 0 Å². The largest absolute Gasteiger partial charge is 0.481 e. The van der Waals surface area contributed by atoms with Crippen molar-refractivity contribution >= 4 is 35.1 Å². The molecular formula is C11H14Cl2N2O3. The normalized spacial score (nSPS) is 12.2. The van der Waals surface area contributed by atoms with Gasteiger partial charge in [-0.1, -0.05) is 30.1 Å². The molecule has 0 radical (unpaired) electrons. The number of amides is 1. The first-order valence-corrected chi connectivity index (χ1v) is 6.19. The van der Waals surface area contributed by atoms with Crippen LogP contribution < -0.4 is 5.32 Å². The summed E-state index contributed by atoms with van der Waals surface area (Å²) in [5.41, 5.74) is 0.287. The molecule has 5 nitrogen and oxygen atoms in total. The molecule has 1 atom stereocenters. The minimum absolute atomic E-state index is 0.0888. The fraction of sp³-hybridized carbons (Fsp3) is 0.455. The number of H-pyrrole nitrogens is 1. The molecule has 100 valence electrons. The molecule has 0 aliphatic rings. The van der Waals surface area contributed by atoms with E-state index in [2.05, 4.69) is 10.3 Å². The Balaban J connectivity index is 2.39. The van der Waals surface area contributed by atoms with E-state index in [9.17, 15) is 9.59 Å². The minimum atomic E-state index is -0.837. The molecule has 0 aromatic carbocycles. The molecule has 3 N–H and O–H groups in total. The number of aromatic amines is 1. The van der Waals surface area contributed by atoms with Crippen LogP contribution in [0.4, 0.5) is 0 Å². The van der Waals surface area contributed by atoms with Gasteiger partial charge in [-0.3, -0.25) is 9.59 Å². The topological polar surface area (TPSA) is 82.2 Å². The molecule has 18 heavy (non-hydrogen) atoms. The summed E-state index contributed by atoms with van der Waals surface area (Å²) in [5, 5.41) is 11.7. The maximum Gasteiger partial charge on any atom is 0.303 e. The highest BCUT2D eigenvalue weighted by Crippen LogP contribution is 2.21. The van der Waals surface area contributed by atoms with E-state index in [0.29, 0.717) is 18.0 Å². The lowest BCUT2D eigenvalue weighted by molar-refractivity contribution is -0.137. The van der Waals surface area contributed by atoms with Gasteiger partial charge in [0.2, 0.25) is 0 Å². The molecule has 0 aliphatic carbocycles. The van der Waals surface area contributed by atoms with Gasteiger partial charge in [0.25, 0.3) is 5.91 Å². The predicted octanol–water partition coefficient (Wildman–Crippen LogP) is 2.55. The number of halogens is 2. The highest BCUT2D eigenvalue weighted by atomic mass is 35.5. The molecule has 1 aromatic rings. The van der Waals surface area contributed by atoms with Crippen molar-refractivity contribution in [2.24, 2.45) is 5.92 Å². The molecule has 0 saturated carbocycles. The van der Waals surface area contributed by atoms with E-state index < -0.39 is 5.97 Å². The van der Waals surface area contributed by atoms with Gasteiger partial charge in [-0.25, -0.2) is 0 Å². The second kappa shape index (κ2) is 6.66. The van der Waals surface area contributed by atoms with Crippen LogP contribution in [0.2, 0.25) is 10.2 Å². The number of aromatic nitrogens is 1. The van der Waals surface area contributed by atoms with Crippen molar-refractivity contribution in [1.82, 2.24) is 10.3 Å². The lowest BCUT2D eigenvalue weighted by Gasteiger charge is -2.10. The molecule has 0 aliphatic heterocycles. The first-order valence-electron chi connectivity index (χ1n) is 5.44. The predicted molar refractivity (Wildman–Crippen MR) is 69.2 cm³/mol. The Hall–Kier alpha value is -1.20. The number of nitrogens with one attached hydrogen (secondary N) is 2. The summed E-state index contributed by atoms with van der Waals surface area (Å²) in [5.74, 6) is -1.06. The summed E-state index contributed by atoms with van der Waals surface area (Å²) in [4.78, 5) is 24.7. The highest BCUT2D eigenvalue weighted by Gasteiger charge is 2.12. The van der Waals surface area contributed by atoms with Crippen LogP contribution in [-0.2, 0) is 4.79 Å². The van der Waals surface area contributed by atoms with Crippen LogP contribution in [-0.4, -0.2) is 28.5 Å². The molecule has 1 unspecified atom stereocenters. The Morgan fingerprint density at radius 2 is 2.17 bits per heavy atom. The lowest BCUT2D eigenvalue weighted by Crippen LogP contribution is -2.28. The number of rotatable bonds is 6. The number of hydrogen-bond donors (Lipinski definition) is 3. The molecule has 0 saturated heterocycles. The zero-order chi connectivity index (χ0) is 13.7. The molecule has 0 bridgehead atoms. The molecular weight excluding hydrogens is 279 g/mol. The van der Waals surface area contributed by atoms with Crippen molar-refractivity contribution in [2.75, 3.05) is 6.54 Å². The molecule has 0 fully saturated rings. The standard InChI is InChI=1S/C11H14Cl2N2O3/c1-6(2-3-9(16)17)5-14-11(18)8-4-7(12)10(13)15-8/h4,6,15H,2-3,5H2,1H3,(H,14,18)(H,16,17). The third kappa shape index (κ3) is 4.58. The van der Waals surface area contributed by atoms with Gasteiger partial charge in [0.05, 0.1) is 5.02 Å². The molecule has 1 aromatic heterocycles. The van der Waals surface area contributed by atoms with Crippen molar-refractivity contribution in [3.05, 3.63) is 21.9 Å². The lowest BCUT2D eigenvalue weighted by atomic mass is 10.1. The molecule has 0 spiro atoms. The van der Waals surface area contributed by atoms with E-state index in [1.807, 2.05) is 6.92 Å². The van der Waals surface area contributed by atoms with Crippen LogP contribution in [0.15, 0.2) is 6.07 Å². The van der Waals surface area contributed by atoms with Crippen molar-refractivity contribution < 1.29 is 14.7 Å². The van der Waals surface area contributed by atoms with Crippen molar-refractivity contribution in [3.8, 4) is 0 Å². The molecule has 1 rings (SSSR count). The summed E-state index contributed by atoms with van der Waals surface area (Å²) in [6.07, 6.45) is 0.610. The number of aliphatic carboxylic acids is 1. The van der Waals surface area contributed by atoms with Crippen LogP contribution in [0.1, 0.15) is 30.3 Å². The number of carboxylic acid groups (broad SMARTS) is 1. The molecule has 7 heteroatoms. The fourth-order valence-corrected chi connectivity index (χ4v) is 1.67. The van der Waals surface area contributed by atoms with Crippen molar-refractivity contribution in [1.29, 1.82) is 0 Å². The van der Waals surface area contributed by atoms with Gasteiger partial charge in [0, 0.05) is 13.0 Å². The Morgan fingerprint density at radius 1 is 1.50 bits per heavy atom. The van der Waals surface area contributed by atoms with Gasteiger partial charge in [0.1, 0.15) is 10.8 Å². The van der Waals surface area contributed by atoms with Crippen LogP contribution in [0.5, 0.6) is 0 Å². The second-order valence-electron chi connectivity index (χ2n) is 4.09. The Bertz CT molecular complexity index is 426. The van der Waals surface area contributed by atoms with Crippen LogP contribution >= 0.6 is 23.2 Å². The summed E-state index contributed by atoms with van der Waals surface area (Å²) in [6, 6.07) is 1.45. The summed E-state index contributed by atoms with van der Waals surface area (Å²) < 4.78 is 0. The number of carbonyl (C=O) groups excluding carboxylic acids is 1. The monoisotopic (exact) mass is 292 g/mol. The van der Waals surface area contributed by atoms with Gasteiger partial charge >= 0.3 is 5.97 Å². The Kier molecular flexibility index (Phi) is 5.50. The Labute approximate surface area is 114 Å². The first-order chi connectivity index (χ1) is 8.40. The zero-order valence-electron chi connectivity index (χ0n) is 9.80. The van der Waals surface area contributed by atoms with Crippen molar-refractivity contribution in [2.45, 2.75) is 19.8 Å². The van der Waals surface area contributed by atoms with Gasteiger partial charge in [0.15, 0.2) is 0 Å². The van der Waals surface area contributed by atoms with Gasteiger partial charge in [-0.05, 0) is 18.4 Å².